The number of carbonyl (C=O) groups excluding carboxylic acids is 1. The molecule has 0 aliphatic heterocycles. The van der Waals surface area contributed by atoms with E-state index in [1.165, 1.54) is 0 Å². The summed E-state index contributed by atoms with van der Waals surface area (Å²) in [7, 11) is 0. The molecule has 0 bridgehead atoms. The predicted molar refractivity (Wildman–Crippen MR) is 67.3 cm³/mol. The third-order valence-electron chi connectivity index (χ3n) is 3.32. The molecule has 0 heterocycles. The highest BCUT2D eigenvalue weighted by molar-refractivity contribution is 5.78. The summed E-state index contributed by atoms with van der Waals surface area (Å²) in [5.74, 6) is -1.00. The van der Waals surface area contributed by atoms with Crippen LogP contribution in [0.3, 0.4) is 0 Å². The van der Waals surface area contributed by atoms with Gasteiger partial charge in [0.05, 0.1) is 5.41 Å². The highest BCUT2D eigenvalue weighted by Gasteiger charge is 2.35. The highest BCUT2D eigenvalue weighted by atomic mass is 19.4. The van der Waals surface area contributed by atoms with E-state index in [0.29, 0.717) is 12.8 Å². The molecule has 8 heteroatoms. The average molecular weight is 298 g/mol. The van der Waals surface area contributed by atoms with Crippen molar-refractivity contribution in [1.82, 2.24) is 10.6 Å². The number of nitrogens with one attached hydrogen (secondary N) is 2. The van der Waals surface area contributed by atoms with Crippen LogP contribution in [-0.2, 0) is 4.79 Å². The topological polar surface area (TPSA) is 78.4 Å². The first-order valence-corrected chi connectivity index (χ1v) is 6.48. The lowest BCUT2D eigenvalue weighted by atomic mass is 9.82. The van der Waals surface area contributed by atoms with E-state index >= 15 is 0 Å². The van der Waals surface area contributed by atoms with Gasteiger partial charge >= 0.3 is 18.2 Å². The Hall–Kier alpha value is -1.47. The Morgan fingerprint density at radius 2 is 1.65 bits per heavy atom. The van der Waals surface area contributed by atoms with Crippen molar-refractivity contribution in [1.29, 1.82) is 0 Å². The summed E-state index contributed by atoms with van der Waals surface area (Å²) in [4.78, 5) is 22.5. The van der Waals surface area contributed by atoms with Crippen molar-refractivity contribution in [3.05, 3.63) is 0 Å². The van der Waals surface area contributed by atoms with Crippen molar-refractivity contribution >= 4 is 12.0 Å². The summed E-state index contributed by atoms with van der Waals surface area (Å²) in [6, 6.07) is -0.653. The molecule has 0 aromatic carbocycles. The minimum Gasteiger partial charge on any atom is -0.481 e. The fraction of sp³-hybridized carbons (Fsp3) is 0.833. The van der Waals surface area contributed by atoms with Gasteiger partial charge in [-0.25, -0.2) is 4.79 Å². The van der Waals surface area contributed by atoms with Crippen molar-refractivity contribution in [3.8, 4) is 0 Å². The van der Waals surface area contributed by atoms with Crippen LogP contribution in [0.25, 0.3) is 0 Å². The lowest BCUT2D eigenvalue weighted by Gasteiger charge is -2.26. The molecule has 3 N–H and O–H groups in total. The van der Waals surface area contributed by atoms with Crippen molar-refractivity contribution in [2.24, 2.45) is 5.41 Å². The predicted octanol–water partition coefficient (Wildman–Crippen LogP) is 2.52. The first-order valence-electron chi connectivity index (χ1n) is 6.48. The number of aliphatic carboxylic acids is 1. The number of rotatable bonds is 8. The number of urea groups is 1. The number of hydrogen-bond donors (Lipinski definition) is 3. The van der Waals surface area contributed by atoms with Crippen LogP contribution in [0.4, 0.5) is 18.0 Å². The second-order valence-corrected chi connectivity index (χ2v) is 4.62. The zero-order valence-corrected chi connectivity index (χ0v) is 11.6. The molecule has 0 saturated carbocycles. The van der Waals surface area contributed by atoms with Crippen LogP contribution >= 0.6 is 0 Å². The molecule has 0 rings (SSSR count). The summed E-state index contributed by atoms with van der Waals surface area (Å²) in [6.45, 7) is 3.26. The van der Waals surface area contributed by atoms with E-state index in [0.717, 1.165) is 0 Å². The smallest absolute Gasteiger partial charge is 0.389 e. The molecular formula is C12H21F3N2O3. The standard InChI is InChI=1S/C12H21F3N2O3/c1-3-11(4-2,9(18)19)8-17-10(20)16-7-5-6-12(13,14)15/h3-8H2,1-2H3,(H,18,19)(H2,16,17,20). The number of amides is 2. The van der Waals surface area contributed by atoms with E-state index in [4.69, 9.17) is 5.11 Å². The lowest BCUT2D eigenvalue weighted by Crippen LogP contribution is -2.46. The van der Waals surface area contributed by atoms with Crippen LogP contribution in [0.1, 0.15) is 39.5 Å². The van der Waals surface area contributed by atoms with Crippen LogP contribution < -0.4 is 10.6 Å². The molecule has 0 spiro atoms. The zero-order chi connectivity index (χ0) is 15.8. The Labute approximate surface area is 115 Å². The van der Waals surface area contributed by atoms with Gasteiger partial charge in [-0.1, -0.05) is 13.8 Å². The van der Waals surface area contributed by atoms with Crippen LogP contribution in [0.15, 0.2) is 0 Å². The van der Waals surface area contributed by atoms with Gasteiger partial charge in [0.15, 0.2) is 0 Å². The molecule has 0 fully saturated rings. The van der Waals surface area contributed by atoms with Crippen LogP contribution in [0.2, 0.25) is 0 Å². The average Bonchev–Trinajstić information content (AvgIpc) is 2.35. The number of halogens is 3. The number of carboxylic acids is 1. The maximum absolute atomic E-state index is 11.9. The number of carboxylic acid groups (broad SMARTS) is 1. The van der Waals surface area contributed by atoms with E-state index in [2.05, 4.69) is 10.6 Å². The second-order valence-electron chi connectivity index (χ2n) is 4.62. The first kappa shape index (κ1) is 18.5. The normalized spacial score (nSPS) is 12.1. The fourth-order valence-electron chi connectivity index (χ4n) is 1.68. The molecule has 0 aromatic rings. The summed E-state index contributed by atoms with van der Waals surface area (Å²) < 4.78 is 35.6. The van der Waals surface area contributed by atoms with Crippen LogP contribution in [0.5, 0.6) is 0 Å². The van der Waals surface area contributed by atoms with Crippen molar-refractivity contribution in [2.45, 2.75) is 45.7 Å². The van der Waals surface area contributed by atoms with Gasteiger partial charge in [-0.2, -0.15) is 13.2 Å². The lowest BCUT2D eigenvalue weighted by molar-refractivity contribution is -0.149. The Morgan fingerprint density at radius 1 is 1.10 bits per heavy atom. The molecule has 118 valence electrons. The summed E-state index contributed by atoms with van der Waals surface area (Å²) >= 11 is 0. The number of carbonyl (C=O) groups is 2. The summed E-state index contributed by atoms with van der Waals surface area (Å²) in [5.41, 5.74) is -1.04. The molecule has 5 nitrogen and oxygen atoms in total. The van der Waals surface area contributed by atoms with Crippen molar-refractivity contribution < 1.29 is 27.9 Å². The van der Waals surface area contributed by atoms with E-state index in [1.54, 1.807) is 13.8 Å². The Balaban J connectivity index is 4.06. The monoisotopic (exact) mass is 298 g/mol. The summed E-state index contributed by atoms with van der Waals surface area (Å²) in [5, 5.41) is 13.8. The molecular weight excluding hydrogens is 277 g/mol. The third-order valence-corrected chi connectivity index (χ3v) is 3.32. The third kappa shape index (κ3) is 6.63. The molecule has 0 atom stereocenters. The quantitative estimate of drug-likeness (QED) is 0.602. The van der Waals surface area contributed by atoms with Gasteiger partial charge < -0.3 is 15.7 Å². The minimum absolute atomic E-state index is 0.0551. The van der Waals surface area contributed by atoms with E-state index in [-0.39, 0.29) is 19.5 Å². The second kappa shape index (κ2) is 7.96. The Morgan fingerprint density at radius 3 is 2.05 bits per heavy atom. The van der Waals surface area contributed by atoms with Gasteiger partial charge in [0, 0.05) is 19.5 Å². The minimum atomic E-state index is -4.24. The van der Waals surface area contributed by atoms with Crippen molar-refractivity contribution in [3.63, 3.8) is 0 Å². The van der Waals surface area contributed by atoms with Crippen LogP contribution in [0, 0.1) is 5.41 Å². The Bertz CT molecular complexity index is 328. The first-order chi connectivity index (χ1) is 9.17. The van der Waals surface area contributed by atoms with Gasteiger partial charge in [-0.15, -0.1) is 0 Å². The Kier molecular flexibility index (Phi) is 7.38. The van der Waals surface area contributed by atoms with E-state index < -0.39 is 30.0 Å². The van der Waals surface area contributed by atoms with Gasteiger partial charge in [0.25, 0.3) is 0 Å². The van der Waals surface area contributed by atoms with Crippen LogP contribution in [-0.4, -0.2) is 36.4 Å². The largest absolute Gasteiger partial charge is 0.481 e. The molecule has 0 aromatic heterocycles. The molecule has 0 unspecified atom stereocenters. The molecule has 0 aliphatic rings. The number of hydrogen-bond acceptors (Lipinski definition) is 2. The maximum Gasteiger partial charge on any atom is 0.389 e. The molecule has 0 radical (unpaired) electrons. The molecule has 0 aliphatic carbocycles. The molecule has 2 amide bonds. The number of alkyl halides is 3. The molecule has 20 heavy (non-hydrogen) atoms. The zero-order valence-electron chi connectivity index (χ0n) is 11.6. The van der Waals surface area contributed by atoms with Gasteiger partial charge in [-0.05, 0) is 19.3 Å². The van der Waals surface area contributed by atoms with Gasteiger partial charge in [0.1, 0.15) is 0 Å². The van der Waals surface area contributed by atoms with Crippen molar-refractivity contribution in [2.75, 3.05) is 13.1 Å². The van der Waals surface area contributed by atoms with E-state index in [1.807, 2.05) is 0 Å². The molecule has 0 saturated heterocycles. The highest BCUT2D eigenvalue weighted by Crippen LogP contribution is 2.25. The maximum atomic E-state index is 11.9. The van der Waals surface area contributed by atoms with Gasteiger partial charge in [-0.3, -0.25) is 4.79 Å². The SMILES string of the molecule is CCC(CC)(CNC(=O)NCCCC(F)(F)F)C(=O)O. The fourth-order valence-corrected chi connectivity index (χ4v) is 1.68. The van der Waals surface area contributed by atoms with Gasteiger partial charge in [0.2, 0.25) is 0 Å². The summed E-state index contributed by atoms with van der Waals surface area (Å²) in [6.07, 6.45) is -4.69. The van der Waals surface area contributed by atoms with E-state index in [9.17, 15) is 22.8 Å².